The van der Waals surface area contributed by atoms with Gasteiger partial charge in [-0.2, -0.15) is 0 Å². The van der Waals surface area contributed by atoms with E-state index < -0.39 is 61.9 Å². The molecule has 0 aromatic carbocycles. The lowest BCUT2D eigenvalue weighted by Gasteiger charge is -2.50. The summed E-state index contributed by atoms with van der Waals surface area (Å²) in [6.07, 6.45) is -8.53. The Kier molecular flexibility index (Phi) is 6.14. The van der Waals surface area contributed by atoms with Crippen molar-refractivity contribution >= 4 is 11.8 Å². The smallest absolute Gasteiger partial charge is 0.222 e. The molecule has 1 spiro atoms. The highest BCUT2D eigenvalue weighted by Gasteiger charge is 2.54. The van der Waals surface area contributed by atoms with Gasteiger partial charge in [0.25, 0.3) is 0 Å². The summed E-state index contributed by atoms with van der Waals surface area (Å²) in [4.78, 5) is 0.485. The summed E-state index contributed by atoms with van der Waals surface area (Å²) < 4.78 is 22.3. The molecule has 0 aromatic heterocycles. The summed E-state index contributed by atoms with van der Waals surface area (Å²) >= 11 is 1.23. The van der Waals surface area contributed by atoms with Crippen molar-refractivity contribution in [3.63, 3.8) is 0 Å². The Hall–Kier alpha value is -0.470. The van der Waals surface area contributed by atoms with E-state index in [0.717, 1.165) is 0 Å². The number of methoxy groups -OCH3 is 1. The maximum atomic E-state index is 10.4. The summed E-state index contributed by atoms with van der Waals surface area (Å²) in [6, 6.07) is 0. The van der Waals surface area contributed by atoms with Crippen LogP contribution in [0.5, 0.6) is 0 Å². The predicted octanol–water partition coefficient (Wildman–Crippen LogP) is -2.75. The highest BCUT2D eigenvalue weighted by molar-refractivity contribution is 8.03. The number of aliphatic hydroxyl groups excluding tert-OH is 6. The third-order valence-electron chi connectivity index (χ3n) is 4.68. The van der Waals surface area contributed by atoms with Gasteiger partial charge in [0.2, 0.25) is 5.79 Å². The van der Waals surface area contributed by atoms with Gasteiger partial charge in [-0.05, 0) is 0 Å². The predicted molar refractivity (Wildman–Crippen MR) is 86.7 cm³/mol. The van der Waals surface area contributed by atoms with E-state index in [2.05, 4.69) is 0 Å². The van der Waals surface area contributed by atoms with Crippen molar-refractivity contribution in [2.45, 2.75) is 55.1 Å². The van der Waals surface area contributed by atoms with Gasteiger partial charge in [-0.1, -0.05) is 0 Å². The number of aliphatic hydroxyl groups is 6. The van der Waals surface area contributed by atoms with Crippen LogP contribution in [0.4, 0.5) is 0 Å². The molecule has 3 aliphatic heterocycles. The number of hydrogen-bond acceptors (Lipinski definition) is 11. The van der Waals surface area contributed by atoms with Gasteiger partial charge < -0.3 is 49.6 Å². The lowest BCUT2D eigenvalue weighted by molar-refractivity contribution is -0.320. The van der Waals surface area contributed by atoms with Crippen molar-refractivity contribution in [2.24, 2.45) is 0 Å². The minimum absolute atomic E-state index is 0.0965. The molecule has 3 heterocycles. The molecular formula is C15H24O10S. The van der Waals surface area contributed by atoms with Gasteiger partial charge in [-0.15, -0.1) is 11.8 Å². The van der Waals surface area contributed by atoms with E-state index in [1.54, 1.807) is 0 Å². The maximum Gasteiger partial charge on any atom is 0.222 e. The molecule has 0 aromatic rings. The molecule has 1 saturated heterocycles. The average Bonchev–Trinajstić information content (AvgIpc) is 2.65. The zero-order valence-corrected chi connectivity index (χ0v) is 14.9. The highest BCUT2D eigenvalue weighted by atomic mass is 32.2. The molecule has 0 unspecified atom stereocenters. The van der Waals surface area contributed by atoms with Crippen molar-refractivity contribution in [3.8, 4) is 0 Å². The SMILES string of the molecule is CO[C@H]1O[C@H](CO)[C@H](O)C2=C1SC[C@]1(C[C@H](O)[C@H](O)[C@H]([C@H](O)CO)O1)O2. The Morgan fingerprint density at radius 1 is 1.31 bits per heavy atom. The quantitative estimate of drug-likeness (QED) is 0.292. The lowest BCUT2D eigenvalue weighted by atomic mass is 9.93. The Morgan fingerprint density at radius 3 is 2.65 bits per heavy atom. The van der Waals surface area contributed by atoms with Gasteiger partial charge in [0.1, 0.15) is 36.3 Å². The van der Waals surface area contributed by atoms with E-state index in [9.17, 15) is 25.5 Å². The van der Waals surface area contributed by atoms with Crippen molar-refractivity contribution in [2.75, 3.05) is 26.1 Å². The molecule has 0 radical (unpaired) electrons. The average molecular weight is 396 g/mol. The fourth-order valence-electron chi connectivity index (χ4n) is 3.29. The monoisotopic (exact) mass is 396 g/mol. The van der Waals surface area contributed by atoms with Gasteiger partial charge in [0.15, 0.2) is 6.29 Å². The summed E-state index contributed by atoms with van der Waals surface area (Å²) in [7, 11) is 1.41. The molecule has 8 atom stereocenters. The van der Waals surface area contributed by atoms with E-state index in [1.165, 1.54) is 18.9 Å². The first-order valence-corrected chi connectivity index (χ1v) is 9.20. The second kappa shape index (κ2) is 7.87. The maximum absolute atomic E-state index is 10.4. The van der Waals surface area contributed by atoms with Crippen LogP contribution in [0.1, 0.15) is 6.42 Å². The van der Waals surface area contributed by atoms with Gasteiger partial charge in [-0.3, -0.25) is 0 Å². The van der Waals surface area contributed by atoms with Crippen LogP contribution >= 0.6 is 11.8 Å². The molecule has 150 valence electrons. The van der Waals surface area contributed by atoms with E-state index >= 15 is 0 Å². The molecular weight excluding hydrogens is 372 g/mol. The summed E-state index contributed by atoms with van der Waals surface area (Å²) in [6.45, 7) is -1.13. The normalized spacial score (nSPS) is 44.6. The van der Waals surface area contributed by atoms with E-state index in [4.69, 9.17) is 24.1 Å². The molecule has 0 bridgehead atoms. The van der Waals surface area contributed by atoms with E-state index in [1.807, 2.05) is 0 Å². The highest BCUT2D eigenvalue weighted by Crippen LogP contribution is 2.47. The molecule has 11 heteroatoms. The van der Waals surface area contributed by atoms with Crippen molar-refractivity contribution in [1.29, 1.82) is 0 Å². The topological polar surface area (TPSA) is 158 Å². The first-order chi connectivity index (χ1) is 12.4. The third kappa shape index (κ3) is 3.49. The first kappa shape index (κ1) is 20.3. The second-order valence-electron chi connectivity index (χ2n) is 6.49. The van der Waals surface area contributed by atoms with Gasteiger partial charge in [0.05, 0.1) is 30.0 Å². The number of thioether (sulfide) groups is 1. The summed E-state index contributed by atoms with van der Waals surface area (Å²) in [5.74, 6) is -1.16. The fraction of sp³-hybridized carbons (Fsp3) is 0.867. The molecule has 0 amide bonds. The van der Waals surface area contributed by atoms with Crippen LogP contribution in [0.2, 0.25) is 0 Å². The van der Waals surface area contributed by atoms with Gasteiger partial charge in [-0.25, -0.2) is 0 Å². The second-order valence-corrected chi connectivity index (χ2v) is 7.51. The zero-order chi connectivity index (χ0) is 19.1. The fourth-order valence-corrected chi connectivity index (χ4v) is 4.50. The minimum Gasteiger partial charge on any atom is -0.462 e. The van der Waals surface area contributed by atoms with Gasteiger partial charge in [0, 0.05) is 13.5 Å². The molecule has 26 heavy (non-hydrogen) atoms. The third-order valence-corrected chi connectivity index (χ3v) is 5.97. The molecule has 1 fully saturated rings. The number of hydrogen-bond donors (Lipinski definition) is 6. The van der Waals surface area contributed by atoms with E-state index in [0.29, 0.717) is 4.91 Å². The van der Waals surface area contributed by atoms with Crippen molar-refractivity contribution < 1.29 is 49.6 Å². The summed E-state index contributed by atoms with van der Waals surface area (Å²) in [5, 5.41) is 59.1. The van der Waals surface area contributed by atoms with Crippen molar-refractivity contribution in [1.82, 2.24) is 0 Å². The largest absolute Gasteiger partial charge is 0.462 e. The first-order valence-electron chi connectivity index (χ1n) is 8.21. The van der Waals surface area contributed by atoms with Crippen LogP contribution in [-0.4, -0.2) is 105 Å². The standard InChI is InChI=1S/C15H24O10S/c1-22-14-13-12(10(21)8(4-17)23-14)25-15(5-26-13)2-6(18)9(20)11(24-15)7(19)3-16/h6-11,14,16-21H,2-5H2,1H3/t6-,7+,8+,9-,10-,11-,14-,15-/m0/s1. The summed E-state index contributed by atoms with van der Waals surface area (Å²) in [5.41, 5.74) is 0. The Bertz CT molecular complexity index is 545. The molecule has 3 aliphatic rings. The van der Waals surface area contributed by atoms with Crippen LogP contribution < -0.4 is 0 Å². The van der Waals surface area contributed by atoms with E-state index in [-0.39, 0.29) is 17.9 Å². The molecule has 0 saturated carbocycles. The van der Waals surface area contributed by atoms with Crippen LogP contribution in [0.15, 0.2) is 10.7 Å². The van der Waals surface area contributed by atoms with Crippen LogP contribution in [0.3, 0.4) is 0 Å². The Balaban J connectivity index is 1.88. The number of rotatable bonds is 4. The Labute approximate surface area is 153 Å². The molecule has 0 aliphatic carbocycles. The lowest BCUT2D eigenvalue weighted by Crippen LogP contribution is -2.62. The molecule has 10 nitrogen and oxygen atoms in total. The van der Waals surface area contributed by atoms with Crippen LogP contribution in [0, 0.1) is 0 Å². The molecule has 6 N–H and O–H groups in total. The Morgan fingerprint density at radius 2 is 2.04 bits per heavy atom. The van der Waals surface area contributed by atoms with Crippen molar-refractivity contribution in [3.05, 3.63) is 10.7 Å². The van der Waals surface area contributed by atoms with Gasteiger partial charge >= 0.3 is 0 Å². The number of ether oxygens (including phenoxy) is 4. The minimum atomic E-state index is -1.43. The zero-order valence-electron chi connectivity index (χ0n) is 14.1. The van der Waals surface area contributed by atoms with Crippen LogP contribution in [-0.2, 0) is 18.9 Å². The molecule has 3 rings (SSSR count). The van der Waals surface area contributed by atoms with Crippen LogP contribution in [0.25, 0.3) is 0 Å².